The fourth-order valence-corrected chi connectivity index (χ4v) is 11.6. The molecule has 70 heavy (non-hydrogen) atoms. The van der Waals surface area contributed by atoms with Crippen molar-refractivity contribution in [3.8, 4) is 16.9 Å². The molecular formula is C53H77N7O7Si3. The number of anilines is 2. The lowest BCUT2D eigenvalue weighted by atomic mass is 10.0. The third-order valence-electron chi connectivity index (χ3n) is 15.4. The Bertz CT molecular complexity index is 2640. The van der Waals surface area contributed by atoms with Crippen LogP contribution in [0.2, 0.25) is 54.4 Å². The van der Waals surface area contributed by atoms with Gasteiger partial charge in [0.1, 0.15) is 30.4 Å². The van der Waals surface area contributed by atoms with Crippen LogP contribution in [-0.4, -0.2) is 99.3 Å². The molecule has 0 spiro atoms. The molecule has 7 rings (SSSR count). The van der Waals surface area contributed by atoms with Crippen molar-refractivity contribution in [3.05, 3.63) is 95.8 Å². The van der Waals surface area contributed by atoms with Crippen LogP contribution in [0.1, 0.15) is 108 Å². The van der Waals surface area contributed by atoms with E-state index in [2.05, 4.69) is 136 Å². The molecule has 4 atom stereocenters. The van der Waals surface area contributed by atoms with E-state index >= 15 is 0 Å². The monoisotopic (exact) mass is 1010 g/mol. The van der Waals surface area contributed by atoms with Gasteiger partial charge in [0, 0.05) is 18.7 Å². The molecule has 0 radical (unpaired) electrons. The maximum absolute atomic E-state index is 13.0. The minimum atomic E-state index is -2.49. The topological polar surface area (TPSA) is 165 Å². The Labute approximate surface area is 418 Å². The maximum atomic E-state index is 13.0. The number of nitrogens with two attached hydrogens (primary N) is 1. The molecule has 0 saturated carbocycles. The summed E-state index contributed by atoms with van der Waals surface area (Å²) in [7, 11) is -7.14. The van der Waals surface area contributed by atoms with Gasteiger partial charge in [-0.2, -0.15) is 0 Å². The number of carbonyl (C=O) groups excluding carboxylic acids is 2. The highest BCUT2D eigenvalue weighted by Gasteiger charge is 2.56. The van der Waals surface area contributed by atoms with Crippen molar-refractivity contribution in [2.24, 2.45) is 0 Å². The first-order chi connectivity index (χ1) is 32.6. The van der Waals surface area contributed by atoms with E-state index in [1.807, 2.05) is 28.8 Å². The molecule has 0 bridgehead atoms. The normalized spacial score (nSPS) is 19.3. The first-order valence-electron chi connectivity index (χ1n) is 24.8. The van der Waals surface area contributed by atoms with Crippen LogP contribution in [0.25, 0.3) is 22.3 Å². The zero-order valence-corrected chi connectivity index (χ0v) is 47.2. The maximum Gasteiger partial charge on any atom is 0.261 e. The van der Waals surface area contributed by atoms with E-state index in [1.54, 1.807) is 24.3 Å². The number of hydrogen-bond donors (Lipinski definition) is 2. The third kappa shape index (κ3) is 11.0. The standard InChI is InChI=1S/C53H77N7O7Si3/c1-51(2,3)68(10,11)64-33-41-43(66-69(12,13)52(4,5)6)44(67-70(14,15)53(7,8)9)49(65-41)60-46-42(45(54)56-34-57-46)58-50(60)55-32-35-27-28-37(36-23-17-16-18-24-36)40(31-35)63-30-22-21-29-59-47(61)38-25-19-20-26-39(38)48(59)62/h16-20,23-28,31,34,41,43-44,49H,21-22,29-30,32-33H2,1-15H3,(H,55,58)(H2,54,56,57)/t41-,43-,44-,49-/m1/s1. The van der Waals surface area contributed by atoms with Crippen molar-refractivity contribution in [3.63, 3.8) is 0 Å². The van der Waals surface area contributed by atoms with Gasteiger partial charge >= 0.3 is 0 Å². The van der Waals surface area contributed by atoms with Gasteiger partial charge < -0.3 is 33.8 Å². The molecule has 1 saturated heterocycles. The van der Waals surface area contributed by atoms with Crippen molar-refractivity contribution >= 4 is 59.7 Å². The highest BCUT2D eigenvalue weighted by molar-refractivity contribution is 6.75. The molecule has 0 unspecified atom stereocenters. The second kappa shape index (κ2) is 20.0. The van der Waals surface area contributed by atoms with Gasteiger partial charge in [0.25, 0.3) is 11.8 Å². The number of amides is 2. The molecule has 2 aliphatic heterocycles. The molecule has 4 heterocycles. The number of unbranched alkanes of at least 4 members (excludes halogenated alkanes) is 1. The van der Waals surface area contributed by atoms with E-state index in [-0.39, 0.29) is 32.7 Å². The summed E-state index contributed by atoms with van der Waals surface area (Å²) < 4.78 is 37.9. The first-order valence-corrected chi connectivity index (χ1v) is 33.5. The number of carbonyl (C=O) groups is 2. The van der Waals surface area contributed by atoms with E-state index in [1.165, 1.54) is 11.2 Å². The Hall–Kier alpha value is -4.76. The number of benzene rings is 3. The minimum Gasteiger partial charge on any atom is -0.493 e. The largest absolute Gasteiger partial charge is 0.493 e. The minimum absolute atomic E-state index is 0.0153. The number of imide groups is 1. The lowest BCUT2D eigenvalue weighted by Crippen LogP contribution is -2.54. The van der Waals surface area contributed by atoms with Gasteiger partial charge in [0.05, 0.1) is 24.3 Å². The quantitative estimate of drug-likeness (QED) is 0.0485. The Kier molecular flexibility index (Phi) is 15.2. The van der Waals surface area contributed by atoms with Crippen LogP contribution in [0.15, 0.2) is 79.1 Å². The van der Waals surface area contributed by atoms with Crippen molar-refractivity contribution in [2.45, 2.75) is 161 Å². The predicted molar refractivity (Wildman–Crippen MR) is 287 cm³/mol. The zero-order chi connectivity index (χ0) is 51.2. The van der Waals surface area contributed by atoms with E-state index in [0.717, 1.165) is 16.7 Å². The molecule has 3 N–H and O–H groups in total. The SMILES string of the molecule is CC(C)(C)[Si](C)(C)OC[C@H]1O[C@@H](n2c(NCc3ccc(-c4ccccc4)c(OCCCCN4C(=O)c5ccccc5C4=O)c3)nc3c(N)ncnc32)[C@H](O[Si](C)(C)C(C)(C)C)[C@@H]1O[Si](C)(C)C(C)(C)C. The molecule has 3 aromatic carbocycles. The summed E-state index contributed by atoms with van der Waals surface area (Å²) >= 11 is 0. The average molecular weight is 1010 g/mol. The van der Waals surface area contributed by atoms with Crippen LogP contribution in [0.3, 0.4) is 0 Å². The highest BCUT2D eigenvalue weighted by Crippen LogP contribution is 2.48. The molecule has 1 fully saturated rings. The molecule has 5 aromatic rings. The Morgan fingerprint density at radius 1 is 0.714 bits per heavy atom. The average Bonchev–Trinajstić information content (AvgIpc) is 3.89. The van der Waals surface area contributed by atoms with Gasteiger partial charge in [-0.3, -0.25) is 19.1 Å². The number of nitrogens with one attached hydrogen (secondary N) is 1. The van der Waals surface area contributed by atoms with Gasteiger partial charge in [0.15, 0.2) is 48.2 Å². The number of hydrogen-bond acceptors (Lipinski definition) is 12. The van der Waals surface area contributed by atoms with E-state index in [0.29, 0.717) is 73.1 Å². The van der Waals surface area contributed by atoms with Crippen LogP contribution in [0.5, 0.6) is 5.75 Å². The summed E-state index contributed by atoms with van der Waals surface area (Å²) in [4.78, 5) is 41.6. The second-order valence-electron chi connectivity index (χ2n) is 23.5. The number of fused-ring (bicyclic) bond motifs is 2. The number of ether oxygens (including phenoxy) is 2. The van der Waals surface area contributed by atoms with Gasteiger partial charge in [0.2, 0.25) is 5.95 Å². The Morgan fingerprint density at radius 2 is 1.30 bits per heavy atom. The van der Waals surface area contributed by atoms with E-state index < -0.39 is 49.5 Å². The number of aromatic nitrogens is 4. The first kappa shape index (κ1) is 53.0. The zero-order valence-electron chi connectivity index (χ0n) is 44.2. The Morgan fingerprint density at radius 3 is 1.90 bits per heavy atom. The summed E-state index contributed by atoms with van der Waals surface area (Å²) in [6, 6.07) is 23.3. The molecule has 378 valence electrons. The van der Waals surface area contributed by atoms with Crippen LogP contribution >= 0.6 is 0 Å². The lowest BCUT2D eigenvalue weighted by Gasteiger charge is -2.44. The third-order valence-corrected chi connectivity index (χ3v) is 28.9. The fraction of sp³-hybridized carbons (Fsp3) is 0.528. The van der Waals surface area contributed by atoms with E-state index in [9.17, 15) is 9.59 Å². The van der Waals surface area contributed by atoms with Crippen LogP contribution < -0.4 is 15.8 Å². The summed E-state index contributed by atoms with van der Waals surface area (Å²) in [5.74, 6) is 0.973. The molecule has 2 aliphatic rings. The number of nitrogen functional groups attached to an aromatic ring is 1. The van der Waals surface area contributed by atoms with E-state index in [4.69, 9.17) is 38.5 Å². The van der Waals surface area contributed by atoms with Gasteiger partial charge in [-0.1, -0.05) is 117 Å². The van der Waals surface area contributed by atoms with Crippen LogP contribution in [-0.2, 0) is 24.6 Å². The highest BCUT2D eigenvalue weighted by atomic mass is 28.4. The number of nitrogens with zero attached hydrogens (tertiary/aromatic N) is 5. The second-order valence-corrected chi connectivity index (χ2v) is 37.8. The summed E-state index contributed by atoms with van der Waals surface area (Å²) in [6.45, 7) is 35.3. The van der Waals surface area contributed by atoms with Gasteiger partial charge in [-0.05, 0) is 96.6 Å². The molecule has 2 aromatic heterocycles. The molecule has 17 heteroatoms. The predicted octanol–water partition coefficient (Wildman–Crippen LogP) is 11.8. The molecule has 14 nitrogen and oxygen atoms in total. The fourth-order valence-electron chi connectivity index (χ4n) is 7.98. The van der Waals surface area contributed by atoms with Gasteiger partial charge in [-0.15, -0.1) is 0 Å². The molecular weight excluding hydrogens is 931 g/mol. The van der Waals surface area contributed by atoms with Crippen LogP contribution in [0.4, 0.5) is 11.8 Å². The lowest BCUT2D eigenvalue weighted by molar-refractivity contribution is -0.0461. The summed E-state index contributed by atoms with van der Waals surface area (Å²) in [5.41, 5.74) is 11.4. The Balaban J connectivity index is 1.21. The van der Waals surface area contributed by atoms with Crippen molar-refractivity contribution in [2.75, 3.05) is 30.8 Å². The number of rotatable bonds is 18. The van der Waals surface area contributed by atoms with Crippen molar-refractivity contribution < 1.29 is 32.3 Å². The molecule has 0 aliphatic carbocycles. The van der Waals surface area contributed by atoms with Crippen LogP contribution in [0, 0.1) is 0 Å². The van der Waals surface area contributed by atoms with Crippen molar-refractivity contribution in [1.82, 2.24) is 24.4 Å². The van der Waals surface area contributed by atoms with Crippen molar-refractivity contribution in [1.29, 1.82) is 0 Å². The summed E-state index contributed by atoms with van der Waals surface area (Å²) in [5, 5.41) is 3.42. The number of imidazole rings is 1. The smallest absolute Gasteiger partial charge is 0.261 e. The van der Waals surface area contributed by atoms with Gasteiger partial charge in [-0.25, -0.2) is 15.0 Å². The molecule has 2 amide bonds. The summed E-state index contributed by atoms with van der Waals surface area (Å²) in [6.07, 6.45) is 0.490.